The zero-order valence-electron chi connectivity index (χ0n) is 10.9. The molecule has 1 amide bonds. The SMILES string of the molecule is CC(C)CNC(=O)CNc1cc(C(=O)O)c(N)cn1. The molecule has 0 spiro atoms. The normalized spacial score (nSPS) is 10.3. The van der Waals surface area contributed by atoms with Gasteiger partial charge in [-0.15, -0.1) is 0 Å². The maximum atomic E-state index is 11.5. The second kappa shape index (κ2) is 6.58. The number of carboxylic acids is 1. The second-order valence-corrected chi connectivity index (χ2v) is 4.51. The van der Waals surface area contributed by atoms with Crippen molar-refractivity contribution in [2.45, 2.75) is 13.8 Å². The van der Waals surface area contributed by atoms with Gasteiger partial charge in [0.2, 0.25) is 5.91 Å². The Bertz CT molecular complexity index is 474. The van der Waals surface area contributed by atoms with Gasteiger partial charge >= 0.3 is 5.97 Å². The van der Waals surface area contributed by atoms with Crippen molar-refractivity contribution in [2.75, 3.05) is 24.1 Å². The fourth-order valence-corrected chi connectivity index (χ4v) is 1.30. The van der Waals surface area contributed by atoms with Gasteiger partial charge in [-0.1, -0.05) is 13.8 Å². The maximum Gasteiger partial charge on any atom is 0.337 e. The van der Waals surface area contributed by atoms with E-state index in [-0.39, 0.29) is 23.7 Å². The van der Waals surface area contributed by atoms with Crippen molar-refractivity contribution < 1.29 is 14.7 Å². The molecule has 0 aliphatic rings. The van der Waals surface area contributed by atoms with E-state index in [0.717, 1.165) is 0 Å². The summed E-state index contributed by atoms with van der Waals surface area (Å²) in [5, 5.41) is 14.4. The van der Waals surface area contributed by atoms with Crippen molar-refractivity contribution in [2.24, 2.45) is 5.92 Å². The molecule has 7 heteroatoms. The molecule has 0 aliphatic heterocycles. The lowest BCUT2D eigenvalue weighted by atomic mass is 10.2. The first-order valence-corrected chi connectivity index (χ1v) is 5.89. The molecular formula is C12H18N4O3. The van der Waals surface area contributed by atoms with Gasteiger partial charge in [0.15, 0.2) is 0 Å². The number of pyridine rings is 1. The van der Waals surface area contributed by atoms with Crippen molar-refractivity contribution in [1.29, 1.82) is 0 Å². The van der Waals surface area contributed by atoms with Crippen molar-refractivity contribution in [1.82, 2.24) is 10.3 Å². The summed E-state index contributed by atoms with van der Waals surface area (Å²) in [6.07, 6.45) is 1.25. The molecule has 0 radical (unpaired) electrons. The van der Waals surface area contributed by atoms with Gasteiger partial charge in [-0.05, 0) is 12.0 Å². The highest BCUT2D eigenvalue weighted by molar-refractivity contribution is 5.94. The van der Waals surface area contributed by atoms with Crippen LogP contribution in [0.1, 0.15) is 24.2 Å². The highest BCUT2D eigenvalue weighted by Gasteiger charge is 2.10. The van der Waals surface area contributed by atoms with Gasteiger partial charge in [0.1, 0.15) is 5.82 Å². The van der Waals surface area contributed by atoms with Crippen molar-refractivity contribution in [3.63, 3.8) is 0 Å². The van der Waals surface area contributed by atoms with Gasteiger partial charge in [-0.25, -0.2) is 9.78 Å². The van der Waals surface area contributed by atoms with Crippen LogP contribution in [-0.2, 0) is 4.79 Å². The highest BCUT2D eigenvalue weighted by Crippen LogP contribution is 2.14. The monoisotopic (exact) mass is 266 g/mol. The highest BCUT2D eigenvalue weighted by atomic mass is 16.4. The number of carboxylic acid groups (broad SMARTS) is 1. The van der Waals surface area contributed by atoms with Crippen LogP contribution in [0.5, 0.6) is 0 Å². The molecule has 0 saturated heterocycles. The molecule has 0 fully saturated rings. The van der Waals surface area contributed by atoms with Crippen LogP contribution in [0, 0.1) is 5.92 Å². The van der Waals surface area contributed by atoms with E-state index in [4.69, 9.17) is 10.8 Å². The Balaban J connectivity index is 2.56. The molecule has 0 aromatic carbocycles. The Morgan fingerprint density at radius 2 is 2.16 bits per heavy atom. The second-order valence-electron chi connectivity index (χ2n) is 4.51. The first kappa shape index (κ1) is 14.7. The largest absolute Gasteiger partial charge is 0.478 e. The van der Waals surface area contributed by atoms with Crippen LogP contribution in [-0.4, -0.2) is 35.1 Å². The molecular weight excluding hydrogens is 248 g/mol. The number of carbonyl (C=O) groups is 2. The number of nitrogens with zero attached hydrogens (tertiary/aromatic N) is 1. The first-order chi connectivity index (χ1) is 8.90. The summed E-state index contributed by atoms with van der Waals surface area (Å²) < 4.78 is 0. The third kappa shape index (κ3) is 4.82. The van der Waals surface area contributed by atoms with Crippen LogP contribution in [0.15, 0.2) is 12.3 Å². The Morgan fingerprint density at radius 3 is 2.74 bits per heavy atom. The van der Waals surface area contributed by atoms with Crippen LogP contribution in [0.2, 0.25) is 0 Å². The molecule has 19 heavy (non-hydrogen) atoms. The summed E-state index contributed by atoms with van der Waals surface area (Å²) in [6.45, 7) is 4.61. The van der Waals surface area contributed by atoms with E-state index in [1.807, 2.05) is 13.8 Å². The lowest BCUT2D eigenvalue weighted by Crippen LogP contribution is -2.32. The molecule has 0 atom stereocenters. The molecule has 5 N–H and O–H groups in total. The van der Waals surface area contributed by atoms with Crippen LogP contribution < -0.4 is 16.4 Å². The number of nitrogens with two attached hydrogens (primary N) is 1. The molecule has 1 rings (SSSR count). The van der Waals surface area contributed by atoms with Crippen LogP contribution in [0.25, 0.3) is 0 Å². The lowest BCUT2D eigenvalue weighted by molar-refractivity contribution is -0.119. The molecule has 104 valence electrons. The van der Waals surface area contributed by atoms with E-state index in [1.165, 1.54) is 12.3 Å². The fourth-order valence-electron chi connectivity index (χ4n) is 1.30. The van der Waals surface area contributed by atoms with Crippen molar-refractivity contribution in [3.05, 3.63) is 17.8 Å². The molecule has 7 nitrogen and oxygen atoms in total. The van der Waals surface area contributed by atoms with E-state index in [0.29, 0.717) is 18.3 Å². The fraction of sp³-hybridized carbons (Fsp3) is 0.417. The lowest BCUT2D eigenvalue weighted by Gasteiger charge is -2.09. The number of carbonyl (C=O) groups excluding carboxylic acids is 1. The van der Waals surface area contributed by atoms with E-state index in [9.17, 15) is 9.59 Å². The number of rotatable bonds is 6. The number of aromatic nitrogens is 1. The first-order valence-electron chi connectivity index (χ1n) is 5.89. The number of hydrogen-bond acceptors (Lipinski definition) is 5. The molecule has 1 heterocycles. The minimum atomic E-state index is -1.13. The third-order valence-electron chi connectivity index (χ3n) is 2.30. The van der Waals surface area contributed by atoms with Crippen LogP contribution in [0.3, 0.4) is 0 Å². The summed E-state index contributed by atoms with van der Waals surface area (Å²) in [5.74, 6) is -0.639. The average molecular weight is 266 g/mol. The molecule has 1 aromatic rings. The summed E-state index contributed by atoms with van der Waals surface area (Å²) in [4.78, 5) is 26.2. The van der Waals surface area contributed by atoms with E-state index >= 15 is 0 Å². The van der Waals surface area contributed by atoms with Crippen molar-refractivity contribution >= 4 is 23.4 Å². The standard InChI is InChI=1S/C12H18N4O3/c1-7(2)4-16-11(17)6-15-10-3-8(12(18)19)9(13)5-14-10/h3,5,7H,4,6,13H2,1-2H3,(H,14,15)(H,16,17)(H,18,19). The predicted octanol–water partition coefficient (Wildman–Crippen LogP) is 0.546. The summed E-state index contributed by atoms with van der Waals surface area (Å²) in [7, 11) is 0. The summed E-state index contributed by atoms with van der Waals surface area (Å²) >= 11 is 0. The smallest absolute Gasteiger partial charge is 0.337 e. The van der Waals surface area contributed by atoms with Gasteiger partial charge in [0.05, 0.1) is 24.0 Å². The van der Waals surface area contributed by atoms with E-state index < -0.39 is 5.97 Å². The number of aromatic carboxylic acids is 1. The average Bonchev–Trinajstić information content (AvgIpc) is 2.35. The number of hydrogen-bond donors (Lipinski definition) is 4. The molecule has 0 unspecified atom stereocenters. The zero-order valence-corrected chi connectivity index (χ0v) is 10.9. The quantitative estimate of drug-likeness (QED) is 0.597. The number of amides is 1. The van der Waals surface area contributed by atoms with E-state index in [2.05, 4.69) is 15.6 Å². The van der Waals surface area contributed by atoms with Crippen LogP contribution >= 0.6 is 0 Å². The van der Waals surface area contributed by atoms with Crippen LogP contribution in [0.4, 0.5) is 11.5 Å². The van der Waals surface area contributed by atoms with Gasteiger partial charge in [0, 0.05) is 6.54 Å². The number of nitrogen functional groups attached to an aromatic ring is 1. The van der Waals surface area contributed by atoms with Gasteiger partial charge < -0.3 is 21.5 Å². The topological polar surface area (TPSA) is 117 Å². The Hall–Kier alpha value is -2.31. The number of nitrogens with one attached hydrogen (secondary N) is 2. The molecule has 0 bridgehead atoms. The Morgan fingerprint density at radius 1 is 1.47 bits per heavy atom. The maximum absolute atomic E-state index is 11.5. The Kier molecular flexibility index (Phi) is 5.11. The summed E-state index contributed by atoms with van der Waals surface area (Å²) in [5.41, 5.74) is 5.52. The third-order valence-corrected chi connectivity index (χ3v) is 2.30. The molecule has 1 aromatic heterocycles. The predicted molar refractivity (Wildman–Crippen MR) is 71.9 cm³/mol. The zero-order chi connectivity index (χ0) is 14.4. The van der Waals surface area contributed by atoms with E-state index in [1.54, 1.807) is 0 Å². The molecule has 0 aliphatic carbocycles. The van der Waals surface area contributed by atoms with Gasteiger partial charge in [-0.2, -0.15) is 0 Å². The minimum Gasteiger partial charge on any atom is -0.478 e. The van der Waals surface area contributed by atoms with Gasteiger partial charge in [0.25, 0.3) is 0 Å². The minimum absolute atomic E-state index is 0.0305. The van der Waals surface area contributed by atoms with Crippen molar-refractivity contribution in [3.8, 4) is 0 Å². The number of anilines is 2. The van der Waals surface area contributed by atoms with Gasteiger partial charge in [-0.3, -0.25) is 4.79 Å². The molecule has 0 saturated carbocycles. The summed E-state index contributed by atoms with van der Waals surface area (Å²) in [6, 6.07) is 1.30. The Labute approximate surface area is 111 Å².